The maximum absolute atomic E-state index is 8.71. The van der Waals surface area contributed by atoms with E-state index in [1.807, 2.05) is 0 Å². The molecular weight excluding hydrogens is 180 g/mol. The summed E-state index contributed by atoms with van der Waals surface area (Å²) in [6.45, 7) is 2.06. The minimum Gasteiger partial charge on any atom is -0.388 e. The van der Waals surface area contributed by atoms with E-state index >= 15 is 0 Å². The van der Waals surface area contributed by atoms with Crippen molar-refractivity contribution in [2.75, 3.05) is 0 Å². The smallest absolute Gasteiger partial charge is 0.226 e. The Morgan fingerprint density at radius 3 is 2.64 bits per heavy atom. The molecule has 0 atom stereocenters. The minimum atomic E-state index is -0.140. The average molecular weight is 198 g/mol. The molecule has 4 heteroatoms. The van der Waals surface area contributed by atoms with Crippen molar-refractivity contribution in [1.29, 1.82) is 0 Å². The Morgan fingerprint density at radius 1 is 1.21 bits per heavy atom. The molecule has 4 nitrogen and oxygen atoms in total. The van der Waals surface area contributed by atoms with E-state index in [0.717, 1.165) is 12.8 Å². The summed E-state index contributed by atoms with van der Waals surface area (Å²) in [5.74, 6) is 1.03. The monoisotopic (exact) mass is 198 g/mol. The molecule has 0 amide bonds. The van der Waals surface area contributed by atoms with E-state index in [-0.39, 0.29) is 6.61 Å². The number of aliphatic hydroxyl groups is 1. The van der Waals surface area contributed by atoms with E-state index in [2.05, 4.69) is 17.1 Å². The van der Waals surface area contributed by atoms with Gasteiger partial charge in [-0.1, -0.05) is 37.8 Å². The topological polar surface area (TPSA) is 59.2 Å². The lowest BCUT2D eigenvalue weighted by molar-refractivity contribution is 0.262. The first kappa shape index (κ1) is 11.2. The lowest BCUT2D eigenvalue weighted by Crippen LogP contribution is -1.88. The van der Waals surface area contributed by atoms with E-state index in [0.29, 0.717) is 11.7 Å². The lowest BCUT2D eigenvalue weighted by Gasteiger charge is -1.95. The van der Waals surface area contributed by atoms with Crippen LogP contribution in [0, 0.1) is 0 Å². The highest BCUT2D eigenvalue weighted by atomic mass is 16.5. The fraction of sp³-hybridized carbons (Fsp3) is 0.800. The molecule has 0 saturated carbocycles. The summed E-state index contributed by atoms with van der Waals surface area (Å²) in [5, 5.41) is 12.3. The molecule has 1 heterocycles. The van der Waals surface area contributed by atoms with Gasteiger partial charge in [0.15, 0.2) is 5.82 Å². The SMILES string of the molecule is CCCCCCCc1nc(CO)no1. The molecule has 0 fully saturated rings. The highest BCUT2D eigenvalue weighted by molar-refractivity contribution is 4.83. The summed E-state index contributed by atoms with van der Waals surface area (Å²) in [4.78, 5) is 4.02. The number of nitrogens with zero attached hydrogens (tertiary/aromatic N) is 2. The standard InChI is InChI=1S/C10H18N2O2/c1-2-3-4-5-6-7-10-11-9(8-13)12-14-10/h13H,2-8H2,1H3. The average Bonchev–Trinajstić information content (AvgIpc) is 2.65. The second kappa shape index (κ2) is 6.54. The maximum Gasteiger partial charge on any atom is 0.226 e. The van der Waals surface area contributed by atoms with Crippen LogP contribution < -0.4 is 0 Å². The summed E-state index contributed by atoms with van der Waals surface area (Å²) in [7, 11) is 0. The van der Waals surface area contributed by atoms with Crippen LogP contribution in [0.2, 0.25) is 0 Å². The van der Waals surface area contributed by atoms with Gasteiger partial charge in [0.2, 0.25) is 5.89 Å². The molecule has 0 spiro atoms. The van der Waals surface area contributed by atoms with Crippen molar-refractivity contribution < 1.29 is 9.63 Å². The second-order valence-corrected chi connectivity index (χ2v) is 3.43. The molecule has 1 aromatic rings. The number of unbranched alkanes of at least 4 members (excludes halogenated alkanes) is 4. The van der Waals surface area contributed by atoms with Crippen molar-refractivity contribution in [3.05, 3.63) is 11.7 Å². The van der Waals surface area contributed by atoms with Crippen LogP contribution in [0.1, 0.15) is 50.7 Å². The van der Waals surface area contributed by atoms with Gasteiger partial charge in [-0.05, 0) is 6.42 Å². The normalized spacial score (nSPS) is 10.7. The van der Waals surface area contributed by atoms with E-state index in [1.54, 1.807) is 0 Å². The Morgan fingerprint density at radius 2 is 2.00 bits per heavy atom. The number of hydrogen-bond acceptors (Lipinski definition) is 4. The molecule has 14 heavy (non-hydrogen) atoms. The van der Waals surface area contributed by atoms with E-state index < -0.39 is 0 Å². The van der Waals surface area contributed by atoms with E-state index in [9.17, 15) is 0 Å². The van der Waals surface area contributed by atoms with Gasteiger partial charge in [-0.15, -0.1) is 0 Å². The van der Waals surface area contributed by atoms with Crippen LogP contribution in [0.3, 0.4) is 0 Å². The Bertz CT molecular complexity index is 248. The zero-order chi connectivity index (χ0) is 10.2. The van der Waals surface area contributed by atoms with Gasteiger partial charge < -0.3 is 9.63 Å². The van der Waals surface area contributed by atoms with Crippen LogP contribution in [0.25, 0.3) is 0 Å². The first-order chi connectivity index (χ1) is 6.86. The first-order valence-electron chi connectivity index (χ1n) is 5.29. The molecule has 0 saturated heterocycles. The Balaban J connectivity index is 2.12. The fourth-order valence-corrected chi connectivity index (χ4v) is 1.34. The Labute approximate surface area is 84.3 Å². The molecular formula is C10H18N2O2. The van der Waals surface area contributed by atoms with Crippen LogP contribution in [-0.2, 0) is 13.0 Å². The number of hydrogen-bond donors (Lipinski definition) is 1. The summed E-state index contributed by atoms with van der Waals surface area (Å²) in [6.07, 6.45) is 6.97. The predicted molar refractivity (Wildman–Crippen MR) is 52.7 cm³/mol. The van der Waals surface area contributed by atoms with Gasteiger partial charge in [0.25, 0.3) is 0 Å². The molecule has 0 aliphatic heterocycles. The quantitative estimate of drug-likeness (QED) is 0.681. The molecule has 0 aliphatic carbocycles. The highest BCUT2D eigenvalue weighted by Crippen LogP contribution is 2.07. The number of aromatic nitrogens is 2. The lowest BCUT2D eigenvalue weighted by atomic mass is 10.1. The van der Waals surface area contributed by atoms with Crippen molar-refractivity contribution in [1.82, 2.24) is 10.1 Å². The summed E-state index contributed by atoms with van der Waals surface area (Å²) >= 11 is 0. The largest absolute Gasteiger partial charge is 0.388 e. The van der Waals surface area contributed by atoms with Crippen LogP contribution >= 0.6 is 0 Å². The van der Waals surface area contributed by atoms with Crippen molar-refractivity contribution in [3.63, 3.8) is 0 Å². The van der Waals surface area contributed by atoms with Gasteiger partial charge in [0, 0.05) is 6.42 Å². The zero-order valence-corrected chi connectivity index (χ0v) is 8.70. The zero-order valence-electron chi connectivity index (χ0n) is 8.70. The number of aryl methyl sites for hydroxylation is 1. The van der Waals surface area contributed by atoms with Gasteiger partial charge in [0.05, 0.1) is 0 Å². The molecule has 0 aliphatic rings. The van der Waals surface area contributed by atoms with Crippen molar-refractivity contribution in [2.45, 2.75) is 52.1 Å². The molecule has 0 bridgehead atoms. The fourth-order valence-electron chi connectivity index (χ4n) is 1.34. The second-order valence-electron chi connectivity index (χ2n) is 3.43. The molecule has 0 aromatic carbocycles. The van der Waals surface area contributed by atoms with Crippen molar-refractivity contribution >= 4 is 0 Å². The van der Waals surface area contributed by atoms with Crippen molar-refractivity contribution in [2.24, 2.45) is 0 Å². The Hall–Kier alpha value is -0.900. The van der Waals surface area contributed by atoms with Gasteiger partial charge in [-0.3, -0.25) is 0 Å². The predicted octanol–water partition coefficient (Wildman–Crippen LogP) is 2.07. The third-order valence-electron chi connectivity index (χ3n) is 2.15. The van der Waals surface area contributed by atoms with Gasteiger partial charge >= 0.3 is 0 Å². The molecule has 80 valence electrons. The van der Waals surface area contributed by atoms with Gasteiger partial charge in [-0.2, -0.15) is 4.98 Å². The maximum atomic E-state index is 8.71. The Kier molecular flexibility index (Phi) is 5.22. The summed E-state index contributed by atoms with van der Waals surface area (Å²) in [5.41, 5.74) is 0. The van der Waals surface area contributed by atoms with E-state index in [1.165, 1.54) is 25.7 Å². The molecule has 1 aromatic heterocycles. The van der Waals surface area contributed by atoms with E-state index in [4.69, 9.17) is 9.63 Å². The third-order valence-corrected chi connectivity index (χ3v) is 2.15. The van der Waals surface area contributed by atoms with Crippen molar-refractivity contribution in [3.8, 4) is 0 Å². The van der Waals surface area contributed by atoms with Crippen LogP contribution in [0.15, 0.2) is 4.52 Å². The number of aliphatic hydroxyl groups excluding tert-OH is 1. The first-order valence-corrected chi connectivity index (χ1v) is 5.29. The molecule has 1 N–H and O–H groups in total. The van der Waals surface area contributed by atoms with Crippen LogP contribution in [0.5, 0.6) is 0 Å². The highest BCUT2D eigenvalue weighted by Gasteiger charge is 2.03. The molecule has 1 rings (SSSR count). The van der Waals surface area contributed by atoms with Crippen LogP contribution in [-0.4, -0.2) is 15.2 Å². The minimum absolute atomic E-state index is 0.140. The molecule has 0 radical (unpaired) electrons. The van der Waals surface area contributed by atoms with Gasteiger partial charge in [-0.25, -0.2) is 0 Å². The summed E-state index contributed by atoms with van der Waals surface area (Å²) < 4.78 is 4.94. The number of rotatable bonds is 7. The third kappa shape index (κ3) is 3.87. The van der Waals surface area contributed by atoms with Crippen LogP contribution in [0.4, 0.5) is 0 Å². The molecule has 0 unspecified atom stereocenters. The summed E-state index contributed by atoms with van der Waals surface area (Å²) in [6, 6.07) is 0. The van der Waals surface area contributed by atoms with Gasteiger partial charge in [0.1, 0.15) is 6.61 Å².